The minimum atomic E-state index is 0. The van der Waals surface area contributed by atoms with Crippen LogP contribution in [0.5, 0.6) is 0 Å². The largest absolute Gasteiger partial charge is 1.45 e. The maximum Gasteiger partial charge on any atom is 1.00 e. The first kappa shape index (κ1) is 13.3. The van der Waals surface area contributed by atoms with Crippen molar-refractivity contribution in [3.8, 4) is 0 Å². The van der Waals surface area contributed by atoms with E-state index in [1.807, 2.05) is 30.3 Å². The van der Waals surface area contributed by atoms with E-state index in [1.165, 1.54) is 0 Å². The molecule has 36 valence electrons. The van der Waals surface area contributed by atoms with Gasteiger partial charge in [0.1, 0.15) is 0 Å². The monoisotopic (exact) mass is 154 g/mol. The molecule has 0 saturated heterocycles. The van der Waals surface area contributed by atoms with Gasteiger partial charge in [-0.05, 0) is 0 Å². The summed E-state index contributed by atoms with van der Waals surface area (Å²) in [6, 6.07) is 9.79. The van der Waals surface area contributed by atoms with E-state index in [2.05, 4.69) is 9.24 Å². The Kier molecular flexibility index (Phi) is 11.4. The first-order chi connectivity index (χ1) is 3.39. The van der Waals surface area contributed by atoms with Crippen molar-refractivity contribution in [2.24, 2.45) is 0 Å². The second-order valence-electron chi connectivity index (χ2n) is 1.34. The molecule has 0 radical (unpaired) electrons. The zero-order chi connectivity index (χ0) is 5.11. The summed E-state index contributed by atoms with van der Waals surface area (Å²) < 4.78 is 0. The molecule has 0 aliphatic heterocycles. The van der Waals surface area contributed by atoms with Crippen LogP contribution in [0.1, 0.15) is 0 Å². The van der Waals surface area contributed by atoms with Gasteiger partial charge < -0.3 is 14.5 Å². The second-order valence-corrected chi connectivity index (χ2v) is 1.85. The first-order valence-electron chi connectivity index (χ1n) is 2.13. The van der Waals surface area contributed by atoms with Gasteiger partial charge in [-0.2, -0.15) is 0 Å². The van der Waals surface area contributed by atoms with Gasteiger partial charge in [0.05, 0.1) is 0 Å². The molecule has 0 spiro atoms. The van der Waals surface area contributed by atoms with E-state index in [-0.39, 0.29) is 59.1 Å². The SMILES string of the molecule is [Na+].[Na+].[P-2]c1ccccc1. The molecule has 0 heterocycles. The summed E-state index contributed by atoms with van der Waals surface area (Å²) in [5.41, 5.74) is 0. The van der Waals surface area contributed by atoms with Crippen LogP contribution < -0.4 is 64.4 Å². The molecule has 1 aromatic rings. The maximum atomic E-state index is 4.08. The fraction of sp³-hybridized carbons (Fsp3) is 0. The van der Waals surface area contributed by atoms with E-state index in [9.17, 15) is 0 Å². The van der Waals surface area contributed by atoms with Gasteiger partial charge in [-0.1, -0.05) is 18.2 Å². The predicted octanol–water partition coefficient (Wildman–Crippen LogP) is -4.27. The van der Waals surface area contributed by atoms with Gasteiger partial charge in [-0.15, -0.1) is 12.1 Å². The molecule has 0 fully saturated rings. The van der Waals surface area contributed by atoms with Crippen molar-refractivity contribution in [3.63, 3.8) is 0 Å². The van der Waals surface area contributed by atoms with E-state index < -0.39 is 0 Å². The van der Waals surface area contributed by atoms with Gasteiger partial charge in [0.15, 0.2) is 0 Å². The summed E-state index contributed by atoms with van der Waals surface area (Å²) in [4.78, 5) is 0. The standard InChI is InChI=1S/C6H5P.2Na/c7-6-4-2-1-3-5-6;;/h1-5H;;/q-2;2*+1. The molecule has 0 aliphatic rings. The molecule has 0 nitrogen and oxygen atoms in total. The van der Waals surface area contributed by atoms with E-state index in [0.717, 1.165) is 5.30 Å². The Labute approximate surface area is 103 Å². The molecule has 0 N–H and O–H groups in total. The van der Waals surface area contributed by atoms with Crippen LogP contribution in [0.25, 0.3) is 0 Å². The third kappa shape index (κ3) is 6.06. The molecular formula is C6H5Na2P. The van der Waals surface area contributed by atoms with Crippen molar-refractivity contribution >= 4 is 14.5 Å². The van der Waals surface area contributed by atoms with Crippen LogP contribution in [0.15, 0.2) is 30.3 Å². The van der Waals surface area contributed by atoms with Gasteiger partial charge in [0.25, 0.3) is 0 Å². The van der Waals surface area contributed by atoms with E-state index >= 15 is 0 Å². The number of hydrogen-bond donors (Lipinski definition) is 0. The Morgan fingerprint density at radius 2 is 1.33 bits per heavy atom. The molecular weight excluding hydrogens is 149 g/mol. The van der Waals surface area contributed by atoms with Crippen molar-refractivity contribution in [3.05, 3.63) is 30.3 Å². The van der Waals surface area contributed by atoms with Crippen LogP contribution in [0, 0.1) is 0 Å². The van der Waals surface area contributed by atoms with Crippen LogP contribution in [-0.4, -0.2) is 0 Å². The van der Waals surface area contributed by atoms with Crippen molar-refractivity contribution < 1.29 is 59.1 Å². The van der Waals surface area contributed by atoms with Gasteiger partial charge in [0.2, 0.25) is 0 Å². The average molecular weight is 154 g/mol. The number of hydrogen-bond acceptors (Lipinski definition) is 0. The normalized spacial score (nSPS) is 6.78. The first-order valence-corrected chi connectivity index (χ1v) is 2.58. The fourth-order valence-corrected chi connectivity index (χ4v) is 0.600. The van der Waals surface area contributed by atoms with Crippen LogP contribution >= 0.6 is 9.24 Å². The Bertz CT molecular complexity index is 141. The minimum absolute atomic E-state index is 0. The molecule has 9 heavy (non-hydrogen) atoms. The fourth-order valence-electron chi connectivity index (χ4n) is 0.428. The molecule has 0 saturated carbocycles. The topological polar surface area (TPSA) is 0 Å². The van der Waals surface area contributed by atoms with Crippen molar-refractivity contribution in [2.45, 2.75) is 0 Å². The van der Waals surface area contributed by atoms with Gasteiger partial charge in [-0.3, -0.25) is 0 Å². The van der Waals surface area contributed by atoms with Crippen LogP contribution in [0.3, 0.4) is 0 Å². The van der Waals surface area contributed by atoms with E-state index in [0.29, 0.717) is 0 Å². The quantitative estimate of drug-likeness (QED) is 0.262. The molecule has 0 aliphatic carbocycles. The molecule has 0 amide bonds. The Hall–Kier alpha value is 1.65. The predicted molar refractivity (Wildman–Crippen MR) is 33.0 cm³/mol. The van der Waals surface area contributed by atoms with Crippen LogP contribution in [0.4, 0.5) is 0 Å². The van der Waals surface area contributed by atoms with Crippen LogP contribution in [0.2, 0.25) is 0 Å². The number of benzene rings is 1. The summed E-state index contributed by atoms with van der Waals surface area (Å²) in [6.07, 6.45) is 0. The summed E-state index contributed by atoms with van der Waals surface area (Å²) in [5.74, 6) is 0. The van der Waals surface area contributed by atoms with Crippen LogP contribution in [-0.2, 0) is 0 Å². The Morgan fingerprint density at radius 1 is 0.889 bits per heavy atom. The molecule has 1 rings (SSSR count). The zero-order valence-electron chi connectivity index (χ0n) is 5.83. The smallest absolute Gasteiger partial charge is 1.00 e. The molecule has 3 heteroatoms. The second kappa shape index (κ2) is 7.75. The summed E-state index contributed by atoms with van der Waals surface area (Å²) in [7, 11) is 4.08. The maximum absolute atomic E-state index is 4.08. The van der Waals surface area contributed by atoms with Crippen molar-refractivity contribution in [2.75, 3.05) is 0 Å². The molecule has 0 unspecified atom stereocenters. The number of rotatable bonds is 0. The molecule has 0 bridgehead atoms. The van der Waals surface area contributed by atoms with E-state index in [1.54, 1.807) is 0 Å². The summed E-state index contributed by atoms with van der Waals surface area (Å²) >= 11 is 0. The Morgan fingerprint density at radius 3 is 1.56 bits per heavy atom. The summed E-state index contributed by atoms with van der Waals surface area (Å²) in [5, 5.41) is 1.02. The minimum Gasteiger partial charge on any atom is -1.45 e. The zero-order valence-corrected chi connectivity index (χ0v) is 10.7. The van der Waals surface area contributed by atoms with Crippen molar-refractivity contribution in [1.82, 2.24) is 0 Å². The van der Waals surface area contributed by atoms with Gasteiger partial charge in [-0.25, -0.2) is 0 Å². The third-order valence-corrected chi connectivity index (χ3v) is 1.05. The van der Waals surface area contributed by atoms with Gasteiger partial charge in [0, 0.05) is 0 Å². The van der Waals surface area contributed by atoms with Gasteiger partial charge >= 0.3 is 59.1 Å². The summed E-state index contributed by atoms with van der Waals surface area (Å²) in [6.45, 7) is 0. The molecule has 1 aromatic carbocycles. The van der Waals surface area contributed by atoms with E-state index in [4.69, 9.17) is 0 Å². The molecule has 0 aromatic heterocycles. The van der Waals surface area contributed by atoms with Crippen molar-refractivity contribution in [1.29, 1.82) is 0 Å². The molecule has 0 atom stereocenters. The Balaban J connectivity index is 0. The third-order valence-electron chi connectivity index (χ3n) is 0.756. The average Bonchev–Trinajstić information content (AvgIpc) is 1.69.